The largest absolute Gasteiger partial charge is 0.340 e. The van der Waals surface area contributed by atoms with Crippen molar-refractivity contribution in [2.75, 3.05) is 0 Å². The van der Waals surface area contributed by atoms with Crippen molar-refractivity contribution in [2.45, 2.75) is 84.8 Å². The number of carbonyl (C=O) groups is 2. The fourth-order valence-corrected chi connectivity index (χ4v) is 2.91. The molecule has 0 saturated carbocycles. The third kappa shape index (κ3) is 3.15. The summed E-state index contributed by atoms with van der Waals surface area (Å²) in [6.45, 7) is 12.0. The quantitative estimate of drug-likeness (QED) is 0.814. The first-order chi connectivity index (χ1) is 9.28. The zero-order valence-corrected chi connectivity index (χ0v) is 13.8. The molecule has 1 fully saturated rings. The van der Waals surface area contributed by atoms with Gasteiger partial charge in [-0.05, 0) is 32.6 Å². The van der Waals surface area contributed by atoms with Crippen molar-refractivity contribution < 1.29 is 9.59 Å². The Morgan fingerprint density at radius 2 is 1.85 bits per heavy atom. The highest BCUT2D eigenvalue weighted by Crippen LogP contribution is 2.28. The Bertz CT molecular complexity index is 367. The molecule has 116 valence electrons. The summed E-state index contributed by atoms with van der Waals surface area (Å²) < 4.78 is 0. The predicted octanol–water partition coefficient (Wildman–Crippen LogP) is 2.72. The van der Waals surface area contributed by atoms with Gasteiger partial charge >= 0.3 is 0 Å². The van der Waals surface area contributed by atoms with Gasteiger partial charge < -0.3 is 10.2 Å². The zero-order valence-electron chi connectivity index (χ0n) is 13.8. The topological polar surface area (TPSA) is 49.4 Å². The zero-order chi connectivity index (χ0) is 15.5. The molecule has 1 N–H and O–H groups in total. The van der Waals surface area contributed by atoms with Crippen LogP contribution in [0.1, 0.15) is 67.2 Å². The van der Waals surface area contributed by atoms with Gasteiger partial charge in [-0.2, -0.15) is 0 Å². The van der Waals surface area contributed by atoms with Crippen LogP contribution in [0, 0.1) is 5.92 Å². The van der Waals surface area contributed by atoms with E-state index >= 15 is 0 Å². The van der Waals surface area contributed by atoms with E-state index in [4.69, 9.17) is 0 Å². The van der Waals surface area contributed by atoms with Gasteiger partial charge in [0.2, 0.25) is 11.8 Å². The van der Waals surface area contributed by atoms with Gasteiger partial charge in [0.25, 0.3) is 0 Å². The lowest BCUT2D eigenvalue weighted by Crippen LogP contribution is -2.71. The Hall–Kier alpha value is -1.06. The van der Waals surface area contributed by atoms with E-state index in [2.05, 4.69) is 19.2 Å². The highest BCUT2D eigenvalue weighted by Gasteiger charge is 2.49. The van der Waals surface area contributed by atoms with Crippen LogP contribution in [0.5, 0.6) is 0 Å². The fourth-order valence-electron chi connectivity index (χ4n) is 2.91. The molecule has 4 nitrogen and oxygen atoms in total. The smallest absolute Gasteiger partial charge is 0.248 e. The van der Waals surface area contributed by atoms with Crippen LogP contribution in [0.2, 0.25) is 0 Å². The van der Waals surface area contributed by atoms with Gasteiger partial charge in [-0.25, -0.2) is 0 Å². The molecule has 3 unspecified atom stereocenters. The molecule has 1 heterocycles. The molecular weight excluding hydrogens is 252 g/mol. The van der Waals surface area contributed by atoms with Crippen LogP contribution in [-0.2, 0) is 9.59 Å². The predicted molar refractivity (Wildman–Crippen MR) is 81.3 cm³/mol. The first-order valence-corrected chi connectivity index (χ1v) is 7.93. The van der Waals surface area contributed by atoms with Gasteiger partial charge in [-0.15, -0.1) is 0 Å². The number of hydrogen-bond acceptors (Lipinski definition) is 2. The van der Waals surface area contributed by atoms with E-state index in [1.807, 2.05) is 32.6 Å². The molecule has 2 amide bonds. The van der Waals surface area contributed by atoms with Crippen LogP contribution in [0.25, 0.3) is 0 Å². The van der Waals surface area contributed by atoms with Gasteiger partial charge in [0.05, 0.1) is 0 Å². The molecule has 4 heteroatoms. The Morgan fingerprint density at radius 3 is 2.30 bits per heavy atom. The first kappa shape index (κ1) is 17.0. The molecule has 0 aliphatic carbocycles. The summed E-state index contributed by atoms with van der Waals surface area (Å²) in [7, 11) is 0. The maximum atomic E-state index is 12.9. The monoisotopic (exact) mass is 282 g/mol. The molecule has 0 aromatic carbocycles. The van der Waals surface area contributed by atoms with Gasteiger partial charge in [0.1, 0.15) is 11.6 Å². The van der Waals surface area contributed by atoms with E-state index in [1.165, 1.54) is 0 Å². The highest BCUT2D eigenvalue weighted by atomic mass is 16.2. The number of nitrogens with one attached hydrogen (secondary N) is 1. The minimum absolute atomic E-state index is 0.00713. The van der Waals surface area contributed by atoms with Crippen LogP contribution in [-0.4, -0.2) is 34.3 Å². The second-order valence-electron chi connectivity index (χ2n) is 6.57. The van der Waals surface area contributed by atoms with Crippen molar-refractivity contribution in [1.29, 1.82) is 0 Å². The van der Waals surface area contributed by atoms with Crippen molar-refractivity contribution in [3.8, 4) is 0 Å². The summed E-state index contributed by atoms with van der Waals surface area (Å²) in [6, 6.07) is -0.222. The van der Waals surface area contributed by atoms with Crippen molar-refractivity contribution in [1.82, 2.24) is 10.2 Å². The average molecular weight is 282 g/mol. The van der Waals surface area contributed by atoms with Crippen LogP contribution >= 0.6 is 0 Å². The summed E-state index contributed by atoms with van der Waals surface area (Å²) in [4.78, 5) is 27.1. The fraction of sp³-hybridized carbons (Fsp3) is 0.875. The Morgan fingerprint density at radius 1 is 1.25 bits per heavy atom. The summed E-state index contributed by atoms with van der Waals surface area (Å²) in [5.74, 6) is 0.193. The number of hydrogen-bond donors (Lipinski definition) is 1. The lowest BCUT2D eigenvalue weighted by Gasteiger charge is -2.48. The SMILES string of the molecule is CCCCC(C)N1C(=O)C(C)(CC)NC(=O)C1C(C)C. The van der Waals surface area contributed by atoms with Crippen LogP contribution < -0.4 is 5.32 Å². The van der Waals surface area contributed by atoms with Gasteiger partial charge in [0.15, 0.2) is 0 Å². The molecule has 20 heavy (non-hydrogen) atoms. The lowest BCUT2D eigenvalue weighted by molar-refractivity contribution is -0.159. The van der Waals surface area contributed by atoms with Crippen molar-refractivity contribution in [3.63, 3.8) is 0 Å². The summed E-state index contributed by atoms with van der Waals surface area (Å²) in [5, 5.41) is 2.93. The minimum atomic E-state index is -0.747. The Balaban J connectivity index is 3.08. The molecule has 0 aromatic heterocycles. The van der Waals surface area contributed by atoms with Crippen molar-refractivity contribution >= 4 is 11.8 Å². The third-order valence-electron chi connectivity index (χ3n) is 4.46. The van der Waals surface area contributed by atoms with Crippen molar-refractivity contribution in [3.05, 3.63) is 0 Å². The molecule has 0 radical (unpaired) electrons. The minimum Gasteiger partial charge on any atom is -0.340 e. The van der Waals surface area contributed by atoms with Crippen LogP contribution in [0.4, 0.5) is 0 Å². The van der Waals surface area contributed by atoms with Crippen molar-refractivity contribution in [2.24, 2.45) is 5.92 Å². The molecule has 1 rings (SSSR count). The molecule has 1 saturated heterocycles. The van der Waals surface area contributed by atoms with Gasteiger partial charge in [-0.3, -0.25) is 9.59 Å². The van der Waals surface area contributed by atoms with E-state index in [0.717, 1.165) is 19.3 Å². The Kier molecular flexibility index (Phi) is 5.60. The maximum Gasteiger partial charge on any atom is 0.248 e. The number of rotatable bonds is 6. The summed E-state index contributed by atoms with van der Waals surface area (Å²) >= 11 is 0. The van der Waals surface area contributed by atoms with E-state index in [-0.39, 0.29) is 29.8 Å². The number of nitrogens with zero attached hydrogens (tertiary/aromatic N) is 1. The molecule has 1 aliphatic rings. The van der Waals surface area contributed by atoms with E-state index < -0.39 is 5.54 Å². The van der Waals surface area contributed by atoms with E-state index in [0.29, 0.717) is 6.42 Å². The number of carbonyl (C=O) groups excluding carboxylic acids is 2. The maximum absolute atomic E-state index is 12.9. The van der Waals surface area contributed by atoms with Gasteiger partial charge in [0, 0.05) is 6.04 Å². The van der Waals surface area contributed by atoms with E-state index in [1.54, 1.807) is 0 Å². The molecule has 1 aliphatic heterocycles. The number of amides is 2. The molecular formula is C16H30N2O2. The lowest BCUT2D eigenvalue weighted by atomic mass is 9.86. The molecule has 3 atom stereocenters. The second-order valence-corrected chi connectivity index (χ2v) is 6.57. The third-order valence-corrected chi connectivity index (χ3v) is 4.46. The molecule has 0 spiro atoms. The molecule has 0 bridgehead atoms. The van der Waals surface area contributed by atoms with E-state index in [9.17, 15) is 9.59 Å². The summed E-state index contributed by atoms with van der Waals surface area (Å²) in [6.07, 6.45) is 3.77. The second kappa shape index (κ2) is 6.59. The Labute approximate surface area is 123 Å². The highest BCUT2D eigenvalue weighted by molar-refractivity contribution is 5.99. The molecule has 0 aromatic rings. The van der Waals surface area contributed by atoms with Crippen LogP contribution in [0.15, 0.2) is 0 Å². The number of piperazine rings is 1. The summed E-state index contributed by atoms with van der Waals surface area (Å²) in [5.41, 5.74) is -0.747. The normalized spacial score (nSPS) is 28.8. The van der Waals surface area contributed by atoms with Gasteiger partial charge in [-0.1, -0.05) is 40.5 Å². The standard InChI is InChI=1S/C16H30N2O2/c1-7-9-10-12(5)18-13(11(3)4)14(19)17-16(6,8-2)15(18)20/h11-13H,7-10H2,1-6H3,(H,17,19). The average Bonchev–Trinajstić information content (AvgIpc) is 2.39. The first-order valence-electron chi connectivity index (χ1n) is 7.93. The van der Waals surface area contributed by atoms with Crippen LogP contribution in [0.3, 0.4) is 0 Å². The number of unbranched alkanes of at least 4 members (excludes halogenated alkanes) is 1.